The van der Waals surface area contributed by atoms with Crippen molar-refractivity contribution in [1.29, 1.82) is 0 Å². The molecule has 0 spiro atoms. The van der Waals surface area contributed by atoms with Gasteiger partial charge in [-0.15, -0.1) is 0 Å². The third-order valence-electron chi connectivity index (χ3n) is 7.28. The molecule has 0 bridgehead atoms. The Bertz CT molecular complexity index is 1130. The third kappa shape index (κ3) is 26.8. The van der Waals surface area contributed by atoms with Crippen molar-refractivity contribution >= 4 is 93.7 Å². The minimum atomic E-state index is -2.75. The molecule has 0 aliphatic heterocycles. The number of hydrogen-bond donors (Lipinski definition) is 0. The number of hydrogen-bond acceptors (Lipinski definition) is 11. The predicted molar refractivity (Wildman–Crippen MR) is 245 cm³/mol. The van der Waals surface area contributed by atoms with Crippen LogP contribution in [0.25, 0.3) is 0 Å². The van der Waals surface area contributed by atoms with E-state index in [9.17, 15) is 8.78 Å². The van der Waals surface area contributed by atoms with Crippen LogP contribution >= 0.6 is 0 Å². The Kier molecular flexibility index (Phi) is 21.8. The second-order valence-electron chi connectivity index (χ2n) is 19.4. The minimum Gasteiger partial charge on any atom is -0.436 e. The maximum atomic E-state index is 12.9. The van der Waals surface area contributed by atoms with Crippen molar-refractivity contribution in [2.45, 2.75) is 175 Å². The molecule has 0 fully saturated rings. The van der Waals surface area contributed by atoms with Gasteiger partial charge in [0, 0.05) is 6.61 Å². The highest BCUT2D eigenvalue weighted by Crippen LogP contribution is 2.32. The fraction of sp³-hybridized carbons (Fsp3) is 1.00. The number of halogens is 2. The topological polar surface area (TPSA) is 102 Å². The summed E-state index contributed by atoms with van der Waals surface area (Å²) in [7, 11) is -28.2. The lowest BCUT2D eigenvalue weighted by molar-refractivity contribution is 0.0561. The van der Waals surface area contributed by atoms with Crippen LogP contribution in [0.3, 0.4) is 0 Å². The van der Waals surface area contributed by atoms with Gasteiger partial charge in [0.05, 0.1) is 6.67 Å². The summed E-state index contributed by atoms with van der Waals surface area (Å²) in [5.41, 5.74) is 0. The van der Waals surface area contributed by atoms with Crippen LogP contribution in [0.1, 0.15) is 19.3 Å². The number of rotatable bonds is 29. The van der Waals surface area contributed by atoms with Crippen LogP contribution in [-0.4, -0.2) is 114 Å². The van der Waals surface area contributed by atoms with Crippen LogP contribution in [0.2, 0.25) is 156 Å². The van der Waals surface area contributed by atoms with Crippen molar-refractivity contribution in [3.05, 3.63) is 0 Å². The first kappa shape index (κ1) is 55.8. The van der Waals surface area contributed by atoms with Crippen molar-refractivity contribution in [1.82, 2.24) is 0 Å². The smallest absolute Gasteiger partial charge is 0.314 e. The van der Waals surface area contributed by atoms with Crippen molar-refractivity contribution in [2.75, 3.05) is 20.1 Å². The molecule has 0 unspecified atom stereocenters. The van der Waals surface area contributed by atoms with Crippen LogP contribution in [0, 0.1) is 0 Å². The lowest BCUT2D eigenvalue weighted by Crippen LogP contribution is -2.62. The maximum absolute atomic E-state index is 12.9. The molecule has 0 atom stereocenters. The highest BCUT2D eigenvalue weighted by Gasteiger charge is 2.51. The second-order valence-corrected chi connectivity index (χ2v) is 60.8. The van der Waals surface area contributed by atoms with Crippen LogP contribution < -0.4 is 0 Å². The Morgan fingerprint density at radius 3 is 0.741 bits per heavy atom. The molecule has 0 amide bonds. The number of unbranched alkanes of at least 4 members (excludes halogenated alkanes) is 1. The standard InChI is InChI=1S/C30H82F2O11Si11/c1-44(2,28-24-23-27-33-30-32)34-46(5,6)36-48(9,10)38-50(13,14)40-52(17,18)42-54(21,22)43-53(19,20)41-51(15,16)39-49(11,12)37-47(7,8)35-45(3,4)29-25-26-31/h23-30H2,1-22H3. The van der Waals surface area contributed by atoms with E-state index in [-0.39, 0.29) is 6.67 Å². The largest absolute Gasteiger partial charge is 0.436 e. The van der Waals surface area contributed by atoms with Crippen molar-refractivity contribution < 1.29 is 54.7 Å². The van der Waals surface area contributed by atoms with E-state index in [4.69, 9.17) is 45.9 Å². The first-order valence-corrected chi connectivity index (χ1v) is 51.0. The van der Waals surface area contributed by atoms with Crippen LogP contribution in [0.5, 0.6) is 0 Å². The first-order chi connectivity index (χ1) is 23.7. The van der Waals surface area contributed by atoms with Crippen molar-refractivity contribution in [2.24, 2.45) is 0 Å². The average Bonchev–Trinajstić information content (AvgIpc) is 2.79. The quantitative estimate of drug-likeness (QED) is 0.0529. The summed E-state index contributed by atoms with van der Waals surface area (Å²) in [5, 5.41) is 0. The van der Waals surface area contributed by atoms with Gasteiger partial charge >= 0.3 is 77.0 Å². The van der Waals surface area contributed by atoms with Gasteiger partial charge in [0.1, 0.15) is 0 Å². The Morgan fingerprint density at radius 1 is 0.296 bits per heavy atom. The van der Waals surface area contributed by atoms with E-state index >= 15 is 0 Å². The minimum absolute atomic E-state index is 0.327. The first-order valence-electron chi connectivity index (χ1n) is 19.4. The summed E-state index contributed by atoms with van der Waals surface area (Å²) in [5.74, 6) is 0. The molecule has 54 heavy (non-hydrogen) atoms. The van der Waals surface area contributed by atoms with Crippen molar-refractivity contribution in [3.8, 4) is 0 Å². The van der Waals surface area contributed by atoms with E-state index in [0.717, 1.165) is 24.9 Å². The summed E-state index contributed by atoms with van der Waals surface area (Å²) in [6, 6.07) is 1.72. The molecule has 0 rings (SSSR count). The summed E-state index contributed by atoms with van der Waals surface area (Å²) in [6.07, 6.45) is 2.27. The normalized spacial score (nSPS) is 15.3. The molecule has 0 heterocycles. The molecule has 0 saturated heterocycles. The molecule has 0 aromatic heterocycles. The molecule has 24 heteroatoms. The Labute approximate surface area is 342 Å². The summed E-state index contributed by atoms with van der Waals surface area (Å²) in [6.45, 7) is 45.0. The van der Waals surface area contributed by atoms with Gasteiger partial charge in [-0.25, -0.2) is 4.39 Å². The zero-order valence-corrected chi connectivity index (χ0v) is 49.4. The molecular formula is C30H82F2O11Si11. The Hall–Kier alpha value is 1.81. The fourth-order valence-corrected chi connectivity index (χ4v) is 64.0. The summed E-state index contributed by atoms with van der Waals surface area (Å²) in [4.78, 5) is 0. The molecule has 0 aliphatic carbocycles. The zero-order valence-electron chi connectivity index (χ0n) is 38.4. The van der Waals surface area contributed by atoms with Gasteiger partial charge in [-0.1, -0.05) is 6.42 Å². The molecule has 0 aromatic rings. The highest BCUT2D eigenvalue weighted by atomic mass is 28.5. The van der Waals surface area contributed by atoms with Gasteiger partial charge in [0.15, 0.2) is 23.5 Å². The zero-order chi connectivity index (χ0) is 42.9. The molecule has 11 nitrogen and oxygen atoms in total. The molecule has 0 saturated carbocycles. The average molecular weight is 966 g/mol. The fourth-order valence-electron chi connectivity index (χ4n) is 7.66. The van der Waals surface area contributed by atoms with E-state index in [0.29, 0.717) is 13.0 Å². The van der Waals surface area contributed by atoms with E-state index < -0.39 is 101 Å². The van der Waals surface area contributed by atoms with Gasteiger partial charge in [0.25, 0.3) is 0 Å². The molecule has 0 aromatic carbocycles. The predicted octanol–water partition coefficient (Wildman–Crippen LogP) is 11.0. The lowest BCUT2D eigenvalue weighted by Gasteiger charge is -2.45. The molecule has 0 aliphatic rings. The van der Waals surface area contributed by atoms with E-state index in [1.165, 1.54) is 0 Å². The third-order valence-corrected chi connectivity index (χ3v) is 50.2. The van der Waals surface area contributed by atoms with E-state index in [1.807, 2.05) is 65.5 Å². The van der Waals surface area contributed by atoms with Gasteiger partial charge in [0.2, 0.25) is 0 Å². The number of ether oxygens (including phenoxy) is 1. The molecule has 0 radical (unpaired) electrons. The number of alkyl halides is 2. The second kappa shape index (κ2) is 21.1. The summed E-state index contributed by atoms with van der Waals surface area (Å²) < 4.78 is 97.3. The Morgan fingerprint density at radius 2 is 0.519 bits per heavy atom. The van der Waals surface area contributed by atoms with Gasteiger partial charge in [-0.2, -0.15) is 0 Å². The van der Waals surface area contributed by atoms with Gasteiger partial charge in [-0.3, -0.25) is 4.39 Å². The maximum Gasteiger partial charge on any atom is 0.314 e. The highest BCUT2D eigenvalue weighted by molar-refractivity contribution is 6.93. The molecule has 0 N–H and O–H groups in total. The molecule has 326 valence electrons. The van der Waals surface area contributed by atoms with E-state index in [2.05, 4.69) is 78.6 Å². The van der Waals surface area contributed by atoms with Crippen molar-refractivity contribution in [3.63, 3.8) is 0 Å². The lowest BCUT2D eigenvalue weighted by atomic mass is 10.4. The monoisotopic (exact) mass is 964 g/mol. The van der Waals surface area contributed by atoms with Gasteiger partial charge < -0.3 is 45.9 Å². The van der Waals surface area contributed by atoms with Crippen LogP contribution in [-0.2, 0) is 45.9 Å². The van der Waals surface area contributed by atoms with Crippen LogP contribution in [0.15, 0.2) is 0 Å². The SMILES string of the molecule is C[Si](C)(CCCF)O[Si](C)(C)O[Si](C)(C)O[Si](C)(C)O[Si](C)(C)O[Si](C)(C)O[Si](C)(C)O[Si](C)(C)O[Si](C)(C)O[Si](C)(C)O[Si](C)(C)CCCCOCF. The summed E-state index contributed by atoms with van der Waals surface area (Å²) >= 11 is 0. The van der Waals surface area contributed by atoms with Gasteiger partial charge in [-0.05, 0) is 169 Å². The van der Waals surface area contributed by atoms with E-state index in [1.54, 1.807) is 0 Å². The molecular weight excluding hydrogens is 883 g/mol. The Balaban J connectivity index is 5.47. The van der Waals surface area contributed by atoms with Crippen LogP contribution in [0.4, 0.5) is 8.78 Å².